The molecule has 2 N–H and O–H groups in total. The highest BCUT2D eigenvalue weighted by Crippen LogP contribution is 2.34. The van der Waals surface area contributed by atoms with Crippen molar-refractivity contribution >= 4 is 29.3 Å². The number of amides is 2. The van der Waals surface area contributed by atoms with Crippen LogP contribution in [0.3, 0.4) is 0 Å². The van der Waals surface area contributed by atoms with Crippen LogP contribution in [0.4, 0.5) is 5.69 Å². The fraction of sp³-hybridized carbons (Fsp3) is 0.385. The molecule has 102 valence electrons. The van der Waals surface area contributed by atoms with Crippen molar-refractivity contribution in [1.82, 2.24) is 0 Å². The van der Waals surface area contributed by atoms with Gasteiger partial charge in [0.25, 0.3) is 0 Å². The number of nitrogens with zero attached hydrogens (tertiary/aromatic N) is 1. The van der Waals surface area contributed by atoms with E-state index in [0.717, 1.165) is 0 Å². The Kier molecular flexibility index (Phi) is 4.44. The van der Waals surface area contributed by atoms with E-state index in [1.54, 1.807) is 24.3 Å². The predicted octanol–water partition coefficient (Wildman–Crippen LogP) is 1.02. The van der Waals surface area contributed by atoms with E-state index < -0.39 is 0 Å². The highest BCUT2D eigenvalue weighted by molar-refractivity contribution is 8.00. The molecule has 1 atom stereocenters. The molecule has 6 heteroatoms. The molecule has 1 heterocycles. The van der Waals surface area contributed by atoms with E-state index in [1.165, 1.54) is 23.8 Å². The van der Waals surface area contributed by atoms with Crippen LogP contribution < -0.4 is 15.4 Å². The van der Waals surface area contributed by atoms with Crippen LogP contribution in [-0.2, 0) is 9.59 Å². The molecule has 1 aromatic carbocycles. The summed E-state index contributed by atoms with van der Waals surface area (Å²) in [5, 5.41) is -0.332. The Morgan fingerprint density at radius 2 is 2.16 bits per heavy atom. The number of nitrogens with two attached hydrogens (primary N) is 1. The Balaban J connectivity index is 2.25. The Morgan fingerprint density at radius 3 is 2.84 bits per heavy atom. The van der Waals surface area contributed by atoms with Gasteiger partial charge in [0.1, 0.15) is 5.75 Å². The summed E-state index contributed by atoms with van der Waals surface area (Å²) in [4.78, 5) is 25.5. The lowest BCUT2D eigenvalue weighted by Crippen LogP contribution is -2.31. The number of benzene rings is 1. The first kappa shape index (κ1) is 13.9. The molecule has 1 aliphatic heterocycles. The van der Waals surface area contributed by atoms with Gasteiger partial charge in [0, 0.05) is 18.7 Å². The molecule has 1 fully saturated rings. The molecule has 1 aromatic rings. The molecular weight excluding hydrogens is 264 g/mol. The number of rotatable bonds is 5. The van der Waals surface area contributed by atoms with Gasteiger partial charge >= 0.3 is 0 Å². The lowest BCUT2D eigenvalue weighted by Gasteiger charge is -2.17. The minimum absolute atomic E-state index is 0.187. The van der Waals surface area contributed by atoms with E-state index in [0.29, 0.717) is 23.7 Å². The molecule has 0 bridgehead atoms. The molecule has 1 unspecified atom stereocenters. The van der Waals surface area contributed by atoms with Gasteiger partial charge in [0.2, 0.25) is 11.8 Å². The van der Waals surface area contributed by atoms with Crippen LogP contribution in [-0.4, -0.2) is 36.5 Å². The number of hydrogen-bond donors (Lipinski definition) is 1. The van der Waals surface area contributed by atoms with Crippen molar-refractivity contribution in [2.75, 3.05) is 24.3 Å². The minimum atomic E-state index is -0.332. The number of methoxy groups -OCH3 is 1. The van der Waals surface area contributed by atoms with Crippen LogP contribution in [0.1, 0.15) is 6.42 Å². The van der Waals surface area contributed by atoms with E-state index in [2.05, 4.69) is 0 Å². The summed E-state index contributed by atoms with van der Waals surface area (Å²) in [6.45, 7) is 0.497. The molecule has 0 radical (unpaired) electrons. The van der Waals surface area contributed by atoms with Crippen molar-refractivity contribution in [3.8, 4) is 5.75 Å². The number of thioether (sulfide) groups is 1. The third kappa shape index (κ3) is 2.74. The summed E-state index contributed by atoms with van der Waals surface area (Å²) < 4.78 is 5.20. The zero-order valence-electron chi connectivity index (χ0n) is 10.7. The molecule has 0 aromatic heterocycles. The van der Waals surface area contributed by atoms with Gasteiger partial charge in [-0.1, -0.05) is 12.1 Å². The Morgan fingerprint density at radius 1 is 1.42 bits per heavy atom. The molecule has 2 amide bonds. The number of carbonyl (C=O) groups is 2. The van der Waals surface area contributed by atoms with Crippen molar-refractivity contribution in [3.63, 3.8) is 0 Å². The predicted molar refractivity (Wildman–Crippen MR) is 75.4 cm³/mol. The van der Waals surface area contributed by atoms with E-state index in [-0.39, 0.29) is 23.5 Å². The average molecular weight is 280 g/mol. The smallest absolute Gasteiger partial charge is 0.247 e. The number of hydrogen-bond acceptors (Lipinski definition) is 5. The maximum Gasteiger partial charge on any atom is 0.247 e. The third-order valence-electron chi connectivity index (χ3n) is 2.87. The molecule has 0 aliphatic carbocycles. The highest BCUT2D eigenvalue weighted by atomic mass is 32.2. The molecule has 1 saturated heterocycles. The van der Waals surface area contributed by atoms with Gasteiger partial charge in [-0.2, -0.15) is 0 Å². The van der Waals surface area contributed by atoms with E-state index in [1.807, 2.05) is 0 Å². The zero-order valence-corrected chi connectivity index (χ0v) is 11.5. The van der Waals surface area contributed by atoms with Crippen LogP contribution in [0.2, 0.25) is 0 Å². The van der Waals surface area contributed by atoms with Crippen LogP contribution in [0.25, 0.3) is 0 Å². The van der Waals surface area contributed by atoms with Crippen molar-refractivity contribution in [2.45, 2.75) is 11.7 Å². The Bertz CT molecular complexity index is 493. The van der Waals surface area contributed by atoms with Gasteiger partial charge in [0.05, 0.1) is 18.0 Å². The van der Waals surface area contributed by atoms with Gasteiger partial charge in [0.15, 0.2) is 0 Å². The van der Waals surface area contributed by atoms with Crippen molar-refractivity contribution in [2.24, 2.45) is 5.73 Å². The standard InChI is InChI=1S/C13H16N2O3S/c1-18-10-5-3-2-4-9(10)15-12(16)8-11(13(15)17)19-7-6-14/h2-5,11H,6-8,14H2,1H3. The SMILES string of the molecule is COc1ccccc1N1C(=O)CC(SCCN)C1=O. The largest absolute Gasteiger partial charge is 0.495 e. The first-order valence-electron chi connectivity index (χ1n) is 6.00. The molecule has 0 spiro atoms. The highest BCUT2D eigenvalue weighted by Gasteiger charge is 2.40. The van der Waals surface area contributed by atoms with Gasteiger partial charge < -0.3 is 10.5 Å². The Labute approximate surface area is 116 Å². The van der Waals surface area contributed by atoms with Crippen molar-refractivity contribution in [1.29, 1.82) is 0 Å². The van der Waals surface area contributed by atoms with Crippen molar-refractivity contribution in [3.05, 3.63) is 24.3 Å². The number of anilines is 1. The second-order valence-electron chi connectivity index (χ2n) is 4.09. The molecule has 5 nitrogen and oxygen atoms in total. The van der Waals surface area contributed by atoms with Crippen LogP contribution in [0.5, 0.6) is 5.75 Å². The van der Waals surface area contributed by atoms with Crippen LogP contribution in [0, 0.1) is 0 Å². The molecule has 19 heavy (non-hydrogen) atoms. The second-order valence-corrected chi connectivity index (χ2v) is 5.40. The normalized spacial score (nSPS) is 19.1. The summed E-state index contributed by atoms with van der Waals surface area (Å²) in [6, 6.07) is 7.02. The molecule has 0 saturated carbocycles. The first-order valence-corrected chi connectivity index (χ1v) is 7.05. The van der Waals surface area contributed by atoms with E-state index in [9.17, 15) is 9.59 Å². The summed E-state index contributed by atoms with van der Waals surface area (Å²) >= 11 is 1.43. The second kappa shape index (κ2) is 6.08. The van der Waals surface area contributed by atoms with Gasteiger partial charge in [-0.15, -0.1) is 11.8 Å². The monoisotopic (exact) mass is 280 g/mol. The lowest BCUT2D eigenvalue weighted by molar-refractivity contribution is -0.121. The van der Waals surface area contributed by atoms with Crippen LogP contribution >= 0.6 is 11.8 Å². The fourth-order valence-corrected chi connectivity index (χ4v) is 2.94. The fourth-order valence-electron chi connectivity index (χ4n) is 2.01. The third-order valence-corrected chi connectivity index (χ3v) is 4.11. The number of para-hydroxylation sites is 2. The maximum atomic E-state index is 12.3. The summed E-state index contributed by atoms with van der Waals surface area (Å²) in [5.41, 5.74) is 5.94. The molecular formula is C13H16N2O3S. The van der Waals surface area contributed by atoms with E-state index in [4.69, 9.17) is 10.5 Å². The Hall–Kier alpha value is -1.53. The van der Waals surface area contributed by atoms with Gasteiger partial charge in [-0.3, -0.25) is 9.59 Å². The average Bonchev–Trinajstić information content (AvgIpc) is 2.71. The summed E-state index contributed by atoms with van der Waals surface area (Å²) in [5.74, 6) is 0.814. The van der Waals surface area contributed by atoms with E-state index >= 15 is 0 Å². The summed E-state index contributed by atoms with van der Waals surface area (Å²) in [6.07, 6.45) is 0.224. The zero-order chi connectivity index (χ0) is 13.8. The van der Waals surface area contributed by atoms with Crippen LogP contribution in [0.15, 0.2) is 24.3 Å². The molecule has 2 rings (SSSR count). The summed E-state index contributed by atoms with van der Waals surface area (Å²) in [7, 11) is 1.52. The molecule has 1 aliphatic rings. The quantitative estimate of drug-likeness (QED) is 0.815. The number of imide groups is 1. The topological polar surface area (TPSA) is 72.6 Å². The number of carbonyl (C=O) groups excluding carboxylic acids is 2. The van der Waals surface area contributed by atoms with Crippen molar-refractivity contribution < 1.29 is 14.3 Å². The first-order chi connectivity index (χ1) is 9.19. The van der Waals surface area contributed by atoms with Gasteiger partial charge in [-0.25, -0.2) is 4.90 Å². The minimum Gasteiger partial charge on any atom is -0.495 e. The number of ether oxygens (including phenoxy) is 1. The maximum absolute atomic E-state index is 12.3. The van der Waals surface area contributed by atoms with Gasteiger partial charge in [-0.05, 0) is 12.1 Å². The lowest BCUT2D eigenvalue weighted by atomic mass is 10.2.